The molecule has 0 amide bonds. The molecule has 0 bridgehead atoms. The molecule has 0 spiro atoms. The lowest BCUT2D eigenvalue weighted by Crippen LogP contribution is -2.64. The van der Waals surface area contributed by atoms with E-state index >= 15 is 0 Å². The molecule has 2 unspecified atom stereocenters. The van der Waals surface area contributed by atoms with E-state index in [1.807, 2.05) is 42.5 Å². The minimum atomic E-state index is -1.53. The minimum absolute atomic E-state index is 0.0559. The molecular weight excluding hydrogens is 849 g/mol. The average Bonchev–Trinajstić information content (AvgIpc) is 3.33. The van der Waals surface area contributed by atoms with Crippen molar-refractivity contribution in [2.45, 2.75) is 112 Å². The fourth-order valence-electron chi connectivity index (χ4n) is 7.98. The Morgan fingerprint density at radius 3 is 1.49 bits per heavy atom. The number of hydrogen-bond donors (Lipinski definition) is 1. The third kappa shape index (κ3) is 12.7. The zero-order valence-electron chi connectivity index (χ0n) is 34.5. The quantitative estimate of drug-likeness (QED) is 0.0616. The second kappa shape index (κ2) is 24.9. The molecule has 0 radical (unpaired) electrons. The molecular formula is C39H44N18O8. The number of ether oxygens (including phenoxy) is 7. The van der Waals surface area contributed by atoms with Crippen molar-refractivity contribution >= 4 is 0 Å². The second-order valence-electron chi connectivity index (χ2n) is 14.9. The smallest absolute Gasteiger partial charge is 0.185 e. The van der Waals surface area contributed by atoms with Crippen molar-refractivity contribution in [2.24, 2.45) is 30.7 Å². The summed E-state index contributed by atoms with van der Waals surface area (Å²) in [5.74, 6) is 0. The predicted molar refractivity (Wildman–Crippen MR) is 227 cm³/mol. The molecule has 1 N–H and O–H groups in total. The van der Waals surface area contributed by atoms with Gasteiger partial charge in [0.05, 0.1) is 106 Å². The molecule has 3 aromatic rings. The van der Waals surface area contributed by atoms with Gasteiger partial charge in [-0.2, -0.15) is 0 Å². The molecule has 338 valence electrons. The molecule has 26 heteroatoms. The van der Waals surface area contributed by atoms with Crippen LogP contribution in [0.3, 0.4) is 0 Å². The first-order valence-electron chi connectivity index (χ1n) is 20.3. The zero-order valence-corrected chi connectivity index (χ0v) is 34.5. The highest BCUT2D eigenvalue weighted by molar-refractivity contribution is 5.16. The van der Waals surface area contributed by atoms with Gasteiger partial charge in [0, 0.05) is 29.5 Å². The maximum absolute atomic E-state index is 11.4. The number of hydrogen-bond acceptors (Lipinski definition) is 14. The van der Waals surface area contributed by atoms with Gasteiger partial charge in [-0.15, -0.1) is 0 Å². The summed E-state index contributed by atoms with van der Waals surface area (Å²) in [7, 11) is 0. The molecule has 1 saturated carbocycles. The van der Waals surface area contributed by atoms with E-state index in [1.54, 1.807) is 48.5 Å². The molecule has 0 aromatic heterocycles. The van der Waals surface area contributed by atoms with Gasteiger partial charge in [-0.3, -0.25) is 0 Å². The van der Waals surface area contributed by atoms with Gasteiger partial charge in [0.25, 0.3) is 0 Å². The SMILES string of the molecule is [N-]=[N+]=NC[C@@H]1OCC(O[C@H]2[C@H](OCc3ccccc3)[C@@H](O[C@H]3O[C@H](CN=[N+]=[N-])[C@@H](O)C(N=[N+]=[N-])[C@H]3OCc3ccccc3)[C@@H](N=[N+]=[N-])C[C@@H]2N=[N+]=[N-])[C@@H](N=[N+]=[N-])[C@@H]1OCc1ccccc1. The summed E-state index contributed by atoms with van der Waals surface area (Å²) in [6.45, 7) is -0.860. The van der Waals surface area contributed by atoms with Crippen LogP contribution in [0.4, 0.5) is 0 Å². The number of aliphatic hydroxyl groups excluding tert-OH is 1. The van der Waals surface area contributed by atoms with E-state index in [-0.39, 0.29) is 39.4 Å². The van der Waals surface area contributed by atoms with Gasteiger partial charge < -0.3 is 38.3 Å². The molecule has 2 heterocycles. The van der Waals surface area contributed by atoms with Crippen LogP contribution in [0.1, 0.15) is 23.1 Å². The predicted octanol–water partition coefficient (Wildman–Crippen LogP) is 8.11. The molecule has 2 aliphatic heterocycles. The summed E-state index contributed by atoms with van der Waals surface area (Å²) in [6, 6.07) is 22.5. The molecule has 2 saturated heterocycles. The molecule has 3 fully saturated rings. The first-order valence-corrected chi connectivity index (χ1v) is 20.3. The lowest BCUT2D eigenvalue weighted by atomic mass is 9.83. The monoisotopic (exact) mass is 892 g/mol. The third-order valence-electron chi connectivity index (χ3n) is 11.0. The second-order valence-corrected chi connectivity index (χ2v) is 14.9. The summed E-state index contributed by atoms with van der Waals surface area (Å²) >= 11 is 0. The Bertz CT molecular complexity index is 2290. The van der Waals surface area contributed by atoms with Gasteiger partial charge in [0.1, 0.15) is 12.2 Å². The van der Waals surface area contributed by atoms with Crippen LogP contribution in [0, 0.1) is 0 Å². The Hall–Kier alpha value is -6.80. The number of benzene rings is 3. The molecule has 3 aliphatic rings. The summed E-state index contributed by atoms with van der Waals surface area (Å²) < 4.78 is 45.3. The van der Waals surface area contributed by atoms with Gasteiger partial charge in [0.2, 0.25) is 0 Å². The Labute approximate surface area is 370 Å². The lowest BCUT2D eigenvalue weighted by Gasteiger charge is -2.49. The first-order chi connectivity index (χ1) is 31.9. The molecule has 14 atom stereocenters. The van der Waals surface area contributed by atoms with Crippen LogP contribution >= 0.6 is 0 Å². The maximum Gasteiger partial charge on any atom is 0.185 e. The van der Waals surface area contributed by atoms with Crippen LogP contribution in [-0.2, 0) is 53.0 Å². The normalized spacial score (nSPS) is 30.6. The third-order valence-corrected chi connectivity index (χ3v) is 11.0. The van der Waals surface area contributed by atoms with Crippen LogP contribution in [0.15, 0.2) is 122 Å². The van der Waals surface area contributed by atoms with Crippen LogP contribution in [0.5, 0.6) is 0 Å². The van der Waals surface area contributed by atoms with E-state index in [0.717, 1.165) is 5.56 Å². The van der Waals surface area contributed by atoms with Crippen molar-refractivity contribution in [1.82, 2.24) is 0 Å². The average molecular weight is 893 g/mol. The Morgan fingerprint density at radius 1 is 0.523 bits per heavy atom. The fourth-order valence-corrected chi connectivity index (χ4v) is 7.98. The van der Waals surface area contributed by atoms with E-state index in [9.17, 15) is 27.2 Å². The molecule has 3 aromatic carbocycles. The first kappa shape index (κ1) is 47.7. The van der Waals surface area contributed by atoms with E-state index in [2.05, 4.69) is 60.2 Å². The summed E-state index contributed by atoms with van der Waals surface area (Å²) in [5, 5.41) is 34.7. The number of aliphatic hydroxyl groups is 1. The summed E-state index contributed by atoms with van der Waals surface area (Å²) in [6.07, 6.45) is -12.7. The maximum atomic E-state index is 11.4. The number of azide groups is 6. The Kier molecular flexibility index (Phi) is 18.3. The van der Waals surface area contributed by atoms with Crippen LogP contribution in [-0.4, -0.2) is 110 Å². The largest absolute Gasteiger partial charge is 0.390 e. The van der Waals surface area contributed by atoms with Gasteiger partial charge >= 0.3 is 0 Å². The Morgan fingerprint density at radius 2 is 0.985 bits per heavy atom. The van der Waals surface area contributed by atoms with Crippen LogP contribution < -0.4 is 0 Å². The van der Waals surface area contributed by atoms with Crippen molar-refractivity contribution in [1.29, 1.82) is 0 Å². The van der Waals surface area contributed by atoms with Crippen molar-refractivity contribution < 1.29 is 38.3 Å². The van der Waals surface area contributed by atoms with E-state index < -0.39 is 91.9 Å². The highest BCUT2D eigenvalue weighted by atomic mass is 16.7. The summed E-state index contributed by atoms with van der Waals surface area (Å²) in [4.78, 5) is 17.9. The molecule has 65 heavy (non-hydrogen) atoms. The van der Waals surface area contributed by atoms with Crippen LogP contribution in [0.2, 0.25) is 0 Å². The molecule has 26 nitrogen and oxygen atoms in total. The van der Waals surface area contributed by atoms with Crippen molar-refractivity contribution in [2.75, 3.05) is 19.7 Å². The minimum Gasteiger partial charge on any atom is -0.390 e. The Balaban J connectivity index is 1.41. The van der Waals surface area contributed by atoms with E-state index in [4.69, 9.17) is 44.2 Å². The lowest BCUT2D eigenvalue weighted by molar-refractivity contribution is -0.314. The van der Waals surface area contributed by atoms with E-state index in [1.165, 1.54) is 0 Å². The highest BCUT2D eigenvalue weighted by Crippen LogP contribution is 2.38. The topological polar surface area (TPSA) is 377 Å². The van der Waals surface area contributed by atoms with Gasteiger partial charge in [-0.05, 0) is 56.3 Å². The van der Waals surface area contributed by atoms with Gasteiger partial charge in [0.15, 0.2) is 6.29 Å². The zero-order chi connectivity index (χ0) is 45.8. The standard InChI is InChI=1S/C39H44N18O8/c40-52-46-17-28-33(58)32(51-57-45)37(61-20-24-12-6-2-7-13-24)39(64-28)65-35-27(49-55-43)16-26(48-54-42)34(38(35)62-21-25-14-8-3-9-15-25)63-30-22-59-29(18-47-53-41)36(31(30)50-56-44)60-19-23-10-4-1-5-11-23/h1-15,26-39,58H,16-22H2/t26-,27-,28+,29-,30?,31+,32?,33+,34+,35-,36+,37+,38-,39+/m0/s1. The van der Waals surface area contributed by atoms with Gasteiger partial charge in [-0.1, -0.05) is 122 Å². The highest BCUT2D eigenvalue weighted by Gasteiger charge is 2.54. The molecule has 6 rings (SSSR count). The van der Waals surface area contributed by atoms with E-state index in [0.29, 0.717) is 11.1 Å². The molecule has 1 aliphatic carbocycles. The van der Waals surface area contributed by atoms with Crippen molar-refractivity contribution in [3.63, 3.8) is 0 Å². The van der Waals surface area contributed by atoms with Crippen LogP contribution in [0.25, 0.3) is 62.7 Å². The van der Waals surface area contributed by atoms with Gasteiger partial charge in [-0.25, -0.2) is 0 Å². The summed E-state index contributed by atoms with van der Waals surface area (Å²) in [5.41, 5.74) is 59.9. The fraction of sp³-hybridized carbons (Fsp3) is 0.538. The van der Waals surface area contributed by atoms with Crippen molar-refractivity contribution in [3.8, 4) is 0 Å². The van der Waals surface area contributed by atoms with Crippen molar-refractivity contribution in [3.05, 3.63) is 170 Å². The number of nitrogens with zero attached hydrogens (tertiary/aromatic N) is 18. The number of rotatable bonds is 21.